The number of carbonyl (C=O) groups excluding carboxylic acids is 2. The van der Waals surface area contributed by atoms with Gasteiger partial charge < -0.3 is 10.6 Å². The Hall–Kier alpha value is -1.59. The third-order valence-electron chi connectivity index (χ3n) is 5.51. The van der Waals surface area contributed by atoms with Crippen molar-refractivity contribution in [2.75, 3.05) is 19.6 Å². The van der Waals surface area contributed by atoms with Crippen molar-refractivity contribution in [3.05, 3.63) is 34.9 Å². The summed E-state index contributed by atoms with van der Waals surface area (Å²) < 4.78 is 0. The molecule has 0 aromatic heterocycles. The third-order valence-corrected chi connectivity index (χ3v) is 5.76. The molecule has 1 atom stereocenters. The molecule has 2 saturated heterocycles. The van der Waals surface area contributed by atoms with Crippen LogP contribution in [-0.2, 0) is 16.1 Å². The van der Waals surface area contributed by atoms with Gasteiger partial charge in [-0.05, 0) is 56.0 Å². The van der Waals surface area contributed by atoms with Crippen molar-refractivity contribution in [3.63, 3.8) is 0 Å². The number of hydrogen-bond donors (Lipinski definition) is 1. The van der Waals surface area contributed by atoms with Crippen molar-refractivity contribution in [1.29, 1.82) is 0 Å². The molecule has 2 amide bonds. The maximum absolute atomic E-state index is 12.5. The Bertz CT molecular complexity index is 624. The molecule has 0 radical (unpaired) electrons. The van der Waals surface area contributed by atoms with Crippen LogP contribution in [0.15, 0.2) is 24.3 Å². The van der Waals surface area contributed by atoms with E-state index in [0.29, 0.717) is 18.0 Å². The summed E-state index contributed by atoms with van der Waals surface area (Å²) in [7, 11) is 0. The molecule has 0 saturated carbocycles. The minimum Gasteiger partial charge on any atom is -0.368 e. The molecule has 24 heavy (non-hydrogen) atoms. The van der Waals surface area contributed by atoms with Crippen molar-refractivity contribution < 1.29 is 9.59 Å². The van der Waals surface area contributed by atoms with E-state index in [4.69, 9.17) is 17.3 Å². The second-order valence-corrected chi connectivity index (χ2v) is 7.60. The van der Waals surface area contributed by atoms with Gasteiger partial charge in [0.25, 0.3) is 0 Å². The summed E-state index contributed by atoms with van der Waals surface area (Å²) in [5.41, 5.74) is 6.55. The molecule has 2 fully saturated rings. The molecule has 6 heteroatoms. The zero-order valence-corrected chi connectivity index (χ0v) is 14.8. The number of nitrogens with two attached hydrogens (primary N) is 1. The molecule has 0 bridgehead atoms. The number of rotatable bonds is 4. The van der Waals surface area contributed by atoms with Crippen molar-refractivity contribution in [2.24, 2.45) is 11.1 Å². The van der Waals surface area contributed by atoms with Crippen LogP contribution in [0.3, 0.4) is 0 Å². The Kier molecular flexibility index (Phi) is 4.83. The predicted octanol–water partition coefficient (Wildman–Crippen LogP) is 2.03. The van der Waals surface area contributed by atoms with Crippen LogP contribution in [0.25, 0.3) is 0 Å². The van der Waals surface area contributed by atoms with E-state index >= 15 is 0 Å². The van der Waals surface area contributed by atoms with Crippen LogP contribution in [-0.4, -0.2) is 47.3 Å². The zero-order valence-electron chi connectivity index (χ0n) is 14.0. The first kappa shape index (κ1) is 17.2. The Morgan fingerprint density at radius 1 is 1.29 bits per heavy atom. The molecule has 2 aliphatic heterocycles. The molecular formula is C18H24ClN3O2. The first-order valence-corrected chi connectivity index (χ1v) is 8.82. The van der Waals surface area contributed by atoms with Crippen molar-refractivity contribution in [2.45, 2.75) is 38.8 Å². The van der Waals surface area contributed by atoms with Gasteiger partial charge in [0, 0.05) is 24.5 Å². The zero-order chi connectivity index (χ0) is 17.3. The van der Waals surface area contributed by atoms with Crippen LogP contribution in [0.4, 0.5) is 0 Å². The first-order chi connectivity index (χ1) is 11.4. The predicted molar refractivity (Wildman–Crippen MR) is 93.4 cm³/mol. The summed E-state index contributed by atoms with van der Waals surface area (Å²) in [4.78, 5) is 27.9. The number of carbonyl (C=O) groups is 2. The summed E-state index contributed by atoms with van der Waals surface area (Å²) in [5.74, 6) is -0.0563. The van der Waals surface area contributed by atoms with E-state index in [0.717, 1.165) is 38.0 Å². The average molecular weight is 350 g/mol. The van der Waals surface area contributed by atoms with Crippen molar-refractivity contribution in [3.8, 4) is 0 Å². The van der Waals surface area contributed by atoms with Gasteiger partial charge >= 0.3 is 0 Å². The maximum Gasteiger partial charge on any atom is 0.234 e. The number of piperidine rings is 1. The van der Waals surface area contributed by atoms with E-state index in [1.54, 1.807) is 0 Å². The molecule has 2 heterocycles. The second-order valence-electron chi connectivity index (χ2n) is 7.17. The molecule has 1 spiro atoms. The molecule has 5 nitrogen and oxygen atoms in total. The van der Waals surface area contributed by atoms with Crippen LogP contribution in [0.2, 0.25) is 5.02 Å². The standard InChI is InChI=1S/C18H24ClN3O2/c1-13(17(20)24)21-8-6-18(7-9-21)10-16(23)22(12-18)11-14-2-4-15(19)5-3-14/h2-5,13H,6-12H2,1H3,(H2,20,24). The van der Waals surface area contributed by atoms with E-state index in [9.17, 15) is 9.59 Å². The maximum atomic E-state index is 12.5. The quantitative estimate of drug-likeness (QED) is 0.904. The summed E-state index contributed by atoms with van der Waals surface area (Å²) in [5, 5.41) is 0.707. The highest BCUT2D eigenvalue weighted by Crippen LogP contribution is 2.41. The molecule has 1 aromatic rings. The Balaban J connectivity index is 1.60. The van der Waals surface area contributed by atoms with Crippen LogP contribution >= 0.6 is 11.6 Å². The monoisotopic (exact) mass is 349 g/mol. The number of likely N-dealkylation sites (tertiary alicyclic amines) is 2. The fourth-order valence-corrected chi connectivity index (χ4v) is 3.96. The minimum absolute atomic E-state index is 0.0530. The fraction of sp³-hybridized carbons (Fsp3) is 0.556. The highest BCUT2D eigenvalue weighted by Gasteiger charge is 2.45. The van der Waals surface area contributed by atoms with Gasteiger partial charge in [-0.25, -0.2) is 0 Å². The number of primary amides is 1. The average Bonchev–Trinajstić information content (AvgIpc) is 2.85. The number of nitrogens with zero attached hydrogens (tertiary/aromatic N) is 2. The molecule has 0 aliphatic carbocycles. The largest absolute Gasteiger partial charge is 0.368 e. The smallest absolute Gasteiger partial charge is 0.234 e. The van der Waals surface area contributed by atoms with E-state index in [-0.39, 0.29) is 23.3 Å². The minimum atomic E-state index is -0.280. The van der Waals surface area contributed by atoms with E-state index < -0.39 is 0 Å². The number of hydrogen-bond acceptors (Lipinski definition) is 3. The van der Waals surface area contributed by atoms with Crippen molar-refractivity contribution in [1.82, 2.24) is 9.80 Å². The van der Waals surface area contributed by atoms with Crippen molar-refractivity contribution >= 4 is 23.4 Å². The summed E-state index contributed by atoms with van der Waals surface area (Å²) in [6.07, 6.45) is 2.49. The second kappa shape index (κ2) is 6.73. The lowest BCUT2D eigenvalue weighted by atomic mass is 9.77. The molecule has 1 aromatic carbocycles. The van der Waals surface area contributed by atoms with Gasteiger partial charge in [-0.15, -0.1) is 0 Å². The summed E-state index contributed by atoms with van der Waals surface area (Å²) >= 11 is 5.92. The Labute approximate surface area is 147 Å². The van der Waals surface area contributed by atoms with Gasteiger partial charge in [0.2, 0.25) is 11.8 Å². The summed E-state index contributed by atoms with van der Waals surface area (Å²) in [6, 6.07) is 7.42. The highest BCUT2D eigenvalue weighted by molar-refractivity contribution is 6.30. The highest BCUT2D eigenvalue weighted by atomic mass is 35.5. The van der Waals surface area contributed by atoms with E-state index in [1.165, 1.54) is 0 Å². The molecule has 1 unspecified atom stereocenters. The molecule has 2 N–H and O–H groups in total. The number of halogens is 1. The third kappa shape index (κ3) is 3.57. The van der Waals surface area contributed by atoms with Crippen LogP contribution in [0.1, 0.15) is 31.7 Å². The molecule has 130 valence electrons. The SMILES string of the molecule is CC(C(N)=O)N1CCC2(CC1)CC(=O)N(Cc1ccc(Cl)cc1)C2. The van der Waals surface area contributed by atoms with Crippen LogP contribution < -0.4 is 5.73 Å². The topological polar surface area (TPSA) is 66.6 Å². The van der Waals surface area contributed by atoms with Gasteiger partial charge in [-0.1, -0.05) is 23.7 Å². The van der Waals surface area contributed by atoms with Crippen LogP contribution in [0, 0.1) is 5.41 Å². The van der Waals surface area contributed by atoms with Gasteiger partial charge in [0.15, 0.2) is 0 Å². The number of amides is 2. The lowest BCUT2D eigenvalue weighted by Crippen LogP contribution is -2.49. The Morgan fingerprint density at radius 3 is 2.50 bits per heavy atom. The van der Waals surface area contributed by atoms with Crippen LogP contribution in [0.5, 0.6) is 0 Å². The van der Waals surface area contributed by atoms with E-state index in [2.05, 4.69) is 4.90 Å². The molecule has 2 aliphatic rings. The van der Waals surface area contributed by atoms with Gasteiger partial charge in [0.05, 0.1) is 6.04 Å². The van der Waals surface area contributed by atoms with Gasteiger partial charge in [-0.2, -0.15) is 0 Å². The van der Waals surface area contributed by atoms with Gasteiger partial charge in [0.1, 0.15) is 0 Å². The lowest BCUT2D eigenvalue weighted by molar-refractivity contribution is -0.128. The number of benzene rings is 1. The fourth-order valence-electron chi connectivity index (χ4n) is 3.84. The Morgan fingerprint density at radius 2 is 1.92 bits per heavy atom. The normalized spacial score (nSPS) is 22.1. The molecular weight excluding hydrogens is 326 g/mol. The lowest BCUT2D eigenvalue weighted by Gasteiger charge is -2.40. The van der Waals surface area contributed by atoms with E-state index in [1.807, 2.05) is 36.1 Å². The summed E-state index contributed by atoms with van der Waals surface area (Å²) in [6.45, 7) is 4.94. The first-order valence-electron chi connectivity index (χ1n) is 8.44. The van der Waals surface area contributed by atoms with Gasteiger partial charge in [-0.3, -0.25) is 14.5 Å². The molecule has 3 rings (SSSR count).